The molecule has 0 saturated carbocycles. The van der Waals surface area contributed by atoms with Gasteiger partial charge >= 0.3 is 25.4 Å². The summed E-state index contributed by atoms with van der Waals surface area (Å²) < 4.78 is 42.0. The van der Waals surface area contributed by atoms with E-state index in [1.54, 1.807) is 32.0 Å². The molecule has 0 aliphatic carbocycles. The van der Waals surface area contributed by atoms with E-state index < -0.39 is 73.7 Å². The number of ether oxygens (including phenoxy) is 3. The van der Waals surface area contributed by atoms with Crippen LogP contribution in [-0.4, -0.2) is 63.2 Å². The molecule has 2 unspecified atom stereocenters. The molecule has 1 aromatic carbocycles. The number of nitrogens with zero attached hydrogens (tertiary/aromatic N) is 1. The Labute approximate surface area is 229 Å². The second kappa shape index (κ2) is 12.6. The first-order valence-electron chi connectivity index (χ1n) is 12.1. The predicted molar refractivity (Wildman–Crippen MR) is 139 cm³/mol. The first-order chi connectivity index (χ1) is 18.8. The first kappa shape index (κ1) is 30.8. The Morgan fingerprint density at radius 1 is 1.25 bits per heavy atom. The van der Waals surface area contributed by atoms with Gasteiger partial charge in [0, 0.05) is 19.2 Å². The summed E-state index contributed by atoms with van der Waals surface area (Å²) in [7, 11) is -4.39. The summed E-state index contributed by atoms with van der Waals surface area (Å²) in [5.41, 5.74) is -4.10. The lowest BCUT2D eigenvalue weighted by atomic mass is 9.94. The molecule has 1 saturated heterocycles. The van der Waals surface area contributed by atoms with Crippen LogP contribution in [0.25, 0.3) is 0 Å². The highest BCUT2D eigenvalue weighted by molar-refractivity contribution is 7.52. The van der Waals surface area contributed by atoms with E-state index in [4.69, 9.17) is 29.7 Å². The van der Waals surface area contributed by atoms with Gasteiger partial charge in [0.15, 0.2) is 12.3 Å². The molecule has 0 amide bonds. The number of benzene rings is 1. The highest BCUT2D eigenvalue weighted by Crippen LogP contribution is 2.47. The molecule has 15 heteroatoms. The Kier molecular flexibility index (Phi) is 9.73. The van der Waals surface area contributed by atoms with Crippen molar-refractivity contribution in [3.8, 4) is 18.1 Å². The Hall–Kier alpha value is -3.73. The minimum absolute atomic E-state index is 0.129. The summed E-state index contributed by atoms with van der Waals surface area (Å²) >= 11 is 0. The number of aromatic amines is 1. The van der Waals surface area contributed by atoms with Gasteiger partial charge in [-0.05, 0) is 32.9 Å². The number of nitrogens with one attached hydrogen (secondary N) is 2. The van der Waals surface area contributed by atoms with E-state index in [1.807, 2.05) is 4.98 Å². The second-order valence-corrected chi connectivity index (χ2v) is 10.8. The molecule has 1 aliphatic heterocycles. The van der Waals surface area contributed by atoms with Crippen LogP contribution in [0.15, 0.2) is 52.2 Å². The van der Waals surface area contributed by atoms with Crippen LogP contribution in [0.4, 0.5) is 0 Å². The summed E-state index contributed by atoms with van der Waals surface area (Å²) in [6.07, 6.45) is 1.50. The minimum Gasteiger partial charge on any atom is -0.462 e. The van der Waals surface area contributed by atoms with Gasteiger partial charge in [0.05, 0.1) is 12.7 Å². The van der Waals surface area contributed by atoms with Gasteiger partial charge in [-0.15, -0.1) is 6.42 Å². The number of carbonyl (C=O) groups is 2. The molecular formula is C25H30N3O11P. The lowest BCUT2D eigenvalue weighted by molar-refractivity contribution is -0.157. The zero-order valence-corrected chi connectivity index (χ0v) is 23.0. The lowest BCUT2D eigenvalue weighted by Crippen LogP contribution is -2.50. The third-order valence-corrected chi connectivity index (χ3v) is 7.16. The van der Waals surface area contributed by atoms with Crippen LogP contribution >= 0.6 is 7.75 Å². The molecule has 0 bridgehead atoms. The highest BCUT2D eigenvalue weighted by Gasteiger charge is 2.59. The molecule has 0 spiro atoms. The van der Waals surface area contributed by atoms with Crippen LogP contribution in [0, 0.1) is 12.3 Å². The fourth-order valence-electron chi connectivity index (χ4n) is 3.78. The molecule has 2 aromatic rings. The van der Waals surface area contributed by atoms with E-state index in [2.05, 4.69) is 11.0 Å². The molecule has 3 N–H and O–H groups in total. The van der Waals surface area contributed by atoms with Gasteiger partial charge in [-0.25, -0.2) is 9.36 Å². The lowest BCUT2D eigenvalue weighted by Gasteiger charge is -2.29. The Bertz CT molecular complexity index is 1420. The van der Waals surface area contributed by atoms with Gasteiger partial charge in [-0.1, -0.05) is 24.1 Å². The van der Waals surface area contributed by atoms with E-state index in [-0.39, 0.29) is 5.75 Å². The van der Waals surface area contributed by atoms with Gasteiger partial charge in [-0.2, -0.15) is 5.09 Å². The summed E-state index contributed by atoms with van der Waals surface area (Å²) in [5.74, 6) is 0.632. The van der Waals surface area contributed by atoms with Crippen molar-refractivity contribution in [2.45, 2.75) is 63.9 Å². The molecule has 0 radical (unpaired) electrons. The number of hydrogen-bond donors (Lipinski definition) is 3. The number of terminal acetylenes is 1. The Morgan fingerprint density at radius 2 is 1.93 bits per heavy atom. The molecular weight excluding hydrogens is 549 g/mol. The van der Waals surface area contributed by atoms with Crippen molar-refractivity contribution in [3.63, 3.8) is 0 Å². The van der Waals surface area contributed by atoms with E-state index in [1.165, 1.54) is 19.1 Å². The van der Waals surface area contributed by atoms with Crippen LogP contribution in [0.3, 0.4) is 0 Å². The summed E-state index contributed by atoms with van der Waals surface area (Å²) in [5, 5.41) is 13.8. The minimum atomic E-state index is -4.39. The van der Waals surface area contributed by atoms with E-state index in [9.17, 15) is 28.8 Å². The highest BCUT2D eigenvalue weighted by atomic mass is 31.2. The average molecular weight is 579 g/mol. The van der Waals surface area contributed by atoms with Crippen LogP contribution in [0.1, 0.15) is 33.9 Å². The SMILES string of the molecule is C#C[C@@]1(O)[C@H](OC(C)=O)[C@@H](COP(=O)(NC(C)C(=O)OC(C)C)Oc2ccccc2)O[C@H]1n1ccc(=O)[nH]c1=O. The summed E-state index contributed by atoms with van der Waals surface area (Å²) in [6.45, 7) is 5.06. The molecule has 14 nitrogen and oxygen atoms in total. The average Bonchev–Trinajstić information content (AvgIpc) is 3.14. The smallest absolute Gasteiger partial charge is 0.459 e. The third kappa shape index (κ3) is 7.26. The molecule has 216 valence electrons. The summed E-state index contributed by atoms with van der Waals surface area (Å²) in [4.78, 5) is 50.3. The number of rotatable bonds is 11. The second-order valence-electron chi connectivity index (χ2n) is 9.08. The van der Waals surface area contributed by atoms with Crippen molar-refractivity contribution >= 4 is 19.7 Å². The maximum Gasteiger partial charge on any atom is 0.459 e. The number of para-hydroxylation sites is 1. The van der Waals surface area contributed by atoms with Crippen molar-refractivity contribution < 1.29 is 42.5 Å². The molecule has 1 aromatic heterocycles. The van der Waals surface area contributed by atoms with Crippen molar-refractivity contribution in [2.24, 2.45) is 0 Å². The predicted octanol–water partition coefficient (Wildman–Crippen LogP) is 0.863. The van der Waals surface area contributed by atoms with Crippen molar-refractivity contribution in [1.82, 2.24) is 14.6 Å². The number of hydrogen-bond acceptors (Lipinski definition) is 11. The quantitative estimate of drug-likeness (QED) is 0.194. The van der Waals surface area contributed by atoms with Crippen LogP contribution in [0.5, 0.6) is 5.75 Å². The first-order valence-corrected chi connectivity index (χ1v) is 13.6. The number of carbonyl (C=O) groups excluding carboxylic acids is 2. The Morgan fingerprint density at radius 3 is 2.50 bits per heavy atom. The largest absolute Gasteiger partial charge is 0.462 e. The maximum absolute atomic E-state index is 13.8. The third-order valence-electron chi connectivity index (χ3n) is 5.51. The van der Waals surface area contributed by atoms with Crippen molar-refractivity contribution in [3.05, 3.63) is 63.4 Å². The van der Waals surface area contributed by atoms with Gasteiger partial charge in [0.1, 0.15) is 17.9 Å². The van der Waals surface area contributed by atoms with E-state index in [0.717, 1.165) is 23.8 Å². The van der Waals surface area contributed by atoms with Gasteiger partial charge in [-0.3, -0.25) is 28.5 Å². The molecule has 2 heterocycles. The monoisotopic (exact) mass is 579 g/mol. The van der Waals surface area contributed by atoms with Crippen LogP contribution in [-0.2, 0) is 32.9 Å². The van der Waals surface area contributed by atoms with Crippen LogP contribution < -0.4 is 20.9 Å². The van der Waals surface area contributed by atoms with Gasteiger partial charge < -0.3 is 23.8 Å². The number of H-pyrrole nitrogens is 1. The Balaban J connectivity index is 1.93. The fourth-order valence-corrected chi connectivity index (χ4v) is 5.29. The molecule has 6 atom stereocenters. The normalized spacial score (nSPS) is 24.5. The van der Waals surface area contributed by atoms with Crippen molar-refractivity contribution in [1.29, 1.82) is 0 Å². The molecule has 40 heavy (non-hydrogen) atoms. The zero-order valence-electron chi connectivity index (χ0n) is 22.1. The van der Waals surface area contributed by atoms with E-state index >= 15 is 0 Å². The van der Waals surface area contributed by atoms with Gasteiger partial charge in [0.2, 0.25) is 5.60 Å². The molecule has 1 fully saturated rings. The topological polar surface area (TPSA) is 184 Å². The maximum atomic E-state index is 13.8. The fraction of sp³-hybridized carbons (Fsp3) is 0.440. The van der Waals surface area contributed by atoms with Crippen molar-refractivity contribution in [2.75, 3.05) is 6.61 Å². The zero-order chi connectivity index (χ0) is 29.7. The molecule has 3 rings (SSSR count). The number of esters is 2. The number of aliphatic hydroxyl groups is 1. The van der Waals surface area contributed by atoms with E-state index in [0.29, 0.717) is 0 Å². The van der Waals surface area contributed by atoms with Gasteiger partial charge in [0.25, 0.3) is 5.56 Å². The summed E-state index contributed by atoms with van der Waals surface area (Å²) in [6, 6.07) is 7.77. The molecule has 1 aliphatic rings. The number of aromatic nitrogens is 2. The standard InChI is InChI=1S/C25H30N3O11P/c1-6-25(33)21(37-17(5)29)19(38-23(25)28-13-12-20(30)26-24(28)32)14-35-40(34,39-18-10-8-7-9-11-18)27-16(4)22(31)36-15(2)3/h1,7-13,15-16,19,21,23,33H,14H2,2-5H3,(H,27,34)(H,26,30,32)/t16?,19-,21-,23-,25-,40?/m1/s1. The van der Waals surface area contributed by atoms with Crippen LogP contribution in [0.2, 0.25) is 0 Å².